The van der Waals surface area contributed by atoms with Gasteiger partial charge >= 0.3 is 5.97 Å². The van der Waals surface area contributed by atoms with E-state index in [1.165, 1.54) is 0 Å². The highest BCUT2D eigenvalue weighted by atomic mass is 16.5. The number of hydrogen-bond acceptors (Lipinski definition) is 4. The third-order valence-corrected chi connectivity index (χ3v) is 4.36. The summed E-state index contributed by atoms with van der Waals surface area (Å²) in [7, 11) is 0. The second kappa shape index (κ2) is 7.77. The molecule has 23 heavy (non-hydrogen) atoms. The van der Waals surface area contributed by atoms with E-state index in [-0.39, 0.29) is 17.9 Å². The topological polar surface area (TPSA) is 95.9 Å². The summed E-state index contributed by atoms with van der Waals surface area (Å²) in [5.41, 5.74) is 0. The van der Waals surface area contributed by atoms with E-state index in [1.54, 1.807) is 0 Å². The summed E-state index contributed by atoms with van der Waals surface area (Å²) in [5.74, 6) is -0.729. The molecule has 2 atom stereocenters. The van der Waals surface area contributed by atoms with Crippen LogP contribution in [0.25, 0.3) is 0 Å². The Bertz CT molecular complexity index is 457. The Hall–Kier alpha value is -1.63. The number of carbonyl (C=O) groups is 3. The van der Waals surface area contributed by atoms with E-state index in [2.05, 4.69) is 5.32 Å². The van der Waals surface area contributed by atoms with Crippen molar-refractivity contribution in [2.45, 2.75) is 64.2 Å². The van der Waals surface area contributed by atoms with Crippen molar-refractivity contribution in [2.24, 2.45) is 5.92 Å². The molecule has 2 N–H and O–H groups in total. The summed E-state index contributed by atoms with van der Waals surface area (Å²) >= 11 is 0. The van der Waals surface area contributed by atoms with Crippen molar-refractivity contribution in [3.63, 3.8) is 0 Å². The highest BCUT2D eigenvalue weighted by molar-refractivity contribution is 5.83. The summed E-state index contributed by atoms with van der Waals surface area (Å²) in [5, 5.41) is 11.8. The van der Waals surface area contributed by atoms with Gasteiger partial charge in [-0.1, -0.05) is 13.8 Å². The van der Waals surface area contributed by atoms with Crippen molar-refractivity contribution in [1.82, 2.24) is 10.2 Å². The predicted molar refractivity (Wildman–Crippen MR) is 82.7 cm³/mol. The minimum absolute atomic E-state index is 0.0260. The van der Waals surface area contributed by atoms with Gasteiger partial charge < -0.3 is 20.1 Å². The Morgan fingerprint density at radius 2 is 1.74 bits per heavy atom. The standard InChI is InChI=1S/C16H26N2O5/c1-10(2)9-14(19)18-7-5-11(6-8-18)17-15(20)12-3-4-13(23-12)16(21)22/h10-13H,3-9H2,1-2H3,(H,17,20)(H,21,22)/t12-,13+/m0/s1. The summed E-state index contributed by atoms with van der Waals surface area (Å²) < 4.78 is 5.25. The van der Waals surface area contributed by atoms with Crippen LogP contribution in [0.15, 0.2) is 0 Å². The Morgan fingerprint density at radius 3 is 2.26 bits per heavy atom. The molecule has 0 aromatic rings. The second-order valence-corrected chi connectivity index (χ2v) is 6.79. The summed E-state index contributed by atoms with van der Waals surface area (Å²) in [4.78, 5) is 36.8. The van der Waals surface area contributed by atoms with Crippen LogP contribution >= 0.6 is 0 Å². The molecule has 2 amide bonds. The van der Waals surface area contributed by atoms with Gasteiger partial charge in [0.25, 0.3) is 0 Å². The Labute approximate surface area is 136 Å². The average Bonchev–Trinajstić information content (AvgIpc) is 2.97. The number of likely N-dealkylation sites (tertiary alicyclic amines) is 1. The number of hydrogen-bond donors (Lipinski definition) is 2. The number of piperidine rings is 1. The smallest absolute Gasteiger partial charge is 0.332 e. The maximum Gasteiger partial charge on any atom is 0.332 e. The summed E-state index contributed by atoms with van der Waals surface area (Å²) in [6.07, 6.45) is 1.28. The van der Waals surface area contributed by atoms with Crippen molar-refractivity contribution < 1.29 is 24.2 Å². The monoisotopic (exact) mass is 326 g/mol. The van der Waals surface area contributed by atoms with Crippen LogP contribution in [-0.2, 0) is 19.1 Å². The van der Waals surface area contributed by atoms with E-state index >= 15 is 0 Å². The first-order valence-electron chi connectivity index (χ1n) is 8.33. The molecule has 0 radical (unpaired) electrons. The first-order chi connectivity index (χ1) is 10.9. The number of rotatable bonds is 5. The molecule has 0 spiro atoms. The molecule has 7 nitrogen and oxygen atoms in total. The minimum atomic E-state index is -1.02. The number of ether oxygens (including phenoxy) is 1. The lowest BCUT2D eigenvalue weighted by Gasteiger charge is -2.33. The van der Waals surface area contributed by atoms with Crippen molar-refractivity contribution in [3.8, 4) is 0 Å². The van der Waals surface area contributed by atoms with Crippen molar-refractivity contribution in [2.75, 3.05) is 13.1 Å². The molecule has 0 aromatic carbocycles. The normalized spacial score (nSPS) is 25.6. The zero-order valence-electron chi connectivity index (χ0n) is 13.8. The number of nitrogens with one attached hydrogen (secondary N) is 1. The molecule has 2 aliphatic heterocycles. The molecule has 0 bridgehead atoms. The van der Waals surface area contributed by atoms with Gasteiger partial charge in [0.05, 0.1) is 0 Å². The lowest BCUT2D eigenvalue weighted by atomic mass is 10.0. The Balaban J connectivity index is 1.73. The first-order valence-corrected chi connectivity index (χ1v) is 8.33. The van der Waals surface area contributed by atoms with Gasteiger partial charge in [0.2, 0.25) is 11.8 Å². The van der Waals surface area contributed by atoms with Crippen LogP contribution in [-0.4, -0.2) is 59.1 Å². The van der Waals surface area contributed by atoms with Gasteiger partial charge in [0.15, 0.2) is 6.10 Å². The second-order valence-electron chi connectivity index (χ2n) is 6.79. The van der Waals surface area contributed by atoms with Crippen LogP contribution in [0.1, 0.15) is 46.0 Å². The van der Waals surface area contributed by atoms with E-state index in [4.69, 9.17) is 9.84 Å². The molecule has 2 fully saturated rings. The Morgan fingerprint density at radius 1 is 1.13 bits per heavy atom. The predicted octanol–water partition coefficient (Wildman–Crippen LogP) is 0.772. The van der Waals surface area contributed by atoms with Crippen molar-refractivity contribution >= 4 is 17.8 Å². The maximum atomic E-state index is 12.1. The maximum absolute atomic E-state index is 12.1. The Kier molecular flexibility index (Phi) is 5.98. The third kappa shape index (κ3) is 4.92. The molecular weight excluding hydrogens is 300 g/mol. The SMILES string of the molecule is CC(C)CC(=O)N1CCC(NC(=O)[C@@H]2CC[C@H](C(=O)O)O2)CC1. The molecular formula is C16H26N2O5. The van der Waals surface area contributed by atoms with Gasteiger partial charge in [-0.15, -0.1) is 0 Å². The molecule has 2 saturated heterocycles. The number of aliphatic carboxylic acids is 1. The number of carbonyl (C=O) groups excluding carboxylic acids is 2. The van der Waals surface area contributed by atoms with E-state index in [0.717, 1.165) is 12.8 Å². The molecule has 0 aromatic heterocycles. The van der Waals surface area contributed by atoms with Gasteiger partial charge in [-0.2, -0.15) is 0 Å². The lowest BCUT2D eigenvalue weighted by Crippen LogP contribution is -2.49. The van der Waals surface area contributed by atoms with Crippen LogP contribution in [0.5, 0.6) is 0 Å². The van der Waals surface area contributed by atoms with Gasteiger partial charge in [0, 0.05) is 25.6 Å². The van der Waals surface area contributed by atoms with Crippen LogP contribution in [0, 0.1) is 5.92 Å². The molecule has 7 heteroatoms. The zero-order valence-corrected chi connectivity index (χ0v) is 13.8. The fraction of sp³-hybridized carbons (Fsp3) is 0.812. The third-order valence-electron chi connectivity index (χ3n) is 4.36. The van der Waals surface area contributed by atoms with Gasteiger partial charge in [0.1, 0.15) is 6.10 Å². The molecule has 2 aliphatic rings. The molecule has 0 unspecified atom stereocenters. The molecule has 0 aliphatic carbocycles. The lowest BCUT2D eigenvalue weighted by molar-refractivity contribution is -0.152. The van der Waals surface area contributed by atoms with Crippen LogP contribution in [0.2, 0.25) is 0 Å². The highest BCUT2D eigenvalue weighted by Gasteiger charge is 2.35. The van der Waals surface area contributed by atoms with Crippen LogP contribution < -0.4 is 5.32 Å². The van der Waals surface area contributed by atoms with E-state index in [9.17, 15) is 14.4 Å². The van der Waals surface area contributed by atoms with Crippen molar-refractivity contribution in [1.29, 1.82) is 0 Å². The van der Waals surface area contributed by atoms with Gasteiger partial charge in [-0.05, 0) is 31.6 Å². The van der Waals surface area contributed by atoms with Gasteiger partial charge in [-0.3, -0.25) is 9.59 Å². The molecule has 2 rings (SSSR count). The number of nitrogens with zero attached hydrogens (tertiary/aromatic N) is 1. The fourth-order valence-electron chi connectivity index (χ4n) is 3.06. The van der Waals surface area contributed by atoms with E-state index < -0.39 is 18.2 Å². The average molecular weight is 326 g/mol. The minimum Gasteiger partial charge on any atom is -0.479 e. The summed E-state index contributed by atoms with van der Waals surface area (Å²) in [6.45, 7) is 5.35. The summed E-state index contributed by atoms with van der Waals surface area (Å²) in [6, 6.07) is 0.0260. The van der Waals surface area contributed by atoms with E-state index in [0.29, 0.717) is 38.3 Å². The molecule has 130 valence electrons. The van der Waals surface area contributed by atoms with Crippen LogP contribution in [0.3, 0.4) is 0 Å². The van der Waals surface area contributed by atoms with E-state index in [1.807, 2.05) is 18.7 Å². The van der Waals surface area contributed by atoms with Crippen molar-refractivity contribution in [3.05, 3.63) is 0 Å². The molecule has 0 saturated carbocycles. The zero-order chi connectivity index (χ0) is 17.0. The fourth-order valence-corrected chi connectivity index (χ4v) is 3.06. The molecule has 2 heterocycles. The van der Waals surface area contributed by atoms with Gasteiger partial charge in [-0.25, -0.2) is 4.79 Å². The number of carboxylic acid groups (broad SMARTS) is 1. The highest BCUT2D eigenvalue weighted by Crippen LogP contribution is 2.21. The van der Waals surface area contributed by atoms with Crippen LogP contribution in [0.4, 0.5) is 0 Å². The number of amides is 2. The number of carboxylic acids is 1. The largest absolute Gasteiger partial charge is 0.479 e. The quantitative estimate of drug-likeness (QED) is 0.778. The first kappa shape index (κ1) is 17.7.